The van der Waals surface area contributed by atoms with Gasteiger partial charge in [0.05, 0.1) is 20.1 Å². The average molecular weight is 268 g/mol. The van der Waals surface area contributed by atoms with Gasteiger partial charge in [-0.2, -0.15) is 0 Å². The van der Waals surface area contributed by atoms with Gasteiger partial charge in [0.25, 0.3) is 0 Å². The zero-order valence-corrected chi connectivity index (χ0v) is 11.4. The maximum Gasteiger partial charge on any atom is 0.316 e. The van der Waals surface area contributed by atoms with E-state index < -0.39 is 23.8 Å². The molecular weight excluding hydrogens is 248 g/mol. The molecule has 0 N–H and O–H groups in total. The molecule has 0 saturated carbocycles. The first-order chi connectivity index (χ1) is 9.10. The highest BCUT2D eigenvalue weighted by atomic mass is 16.5. The first-order valence-corrected chi connectivity index (χ1v) is 6.43. The molecule has 19 heavy (non-hydrogen) atoms. The topological polar surface area (TPSA) is 69.7 Å². The van der Waals surface area contributed by atoms with Gasteiger partial charge >= 0.3 is 11.9 Å². The first kappa shape index (κ1) is 15.4. The molecule has 2 unspecified atom stereocenters. The molecule has 0 radical (unpaired) electrons. The Morgan fingerprint density at radius 2 is 1.84 bits per heavy atom. The maximum absolute atomic E-state index is 12.0. The van der Waals surface area contributed by atoms with Crippen LogP contribution >= 0.6 is 0 Å². The third-order valence-electron chi connectivity index (χ3n) is 3.31. The minimum Gasteiger partial charge on any atom is -0.469 e. The van der Waals surface area contributed by atoms with Crippen molar-refractivity contribution < 1.29 is 23.9 Å². The molecule has 0 saturated heterocycles. The summed E-state index contributed by atoms with van der Waals surface area (Å²) in [6, 6.07) is 0. The number of carbonyl (C=O) groups is 3. The number of rotatable bonds is 2. The molecule has 0 aromatic carbocycles. The van der Waals surface area contributed by atoms with E-state index in [0.717, 1.165) is 6.42 Å². The summed E-state index contributed by atoms with van der Waals surface area (Å²) >= 11 is 0. The minimum absolute atomic E-state index is 0.155. The Labute approximate surface area is 112 Å². The Balaban J connectivity index is 2.91. The van der Waals surface area contributed by atoms with Crippen LogP contribution in [0.25, 0.3) is 0 Å². The summed E-state index contributed by atoms with van der Waals surface area (Å²) in [5, 5.41) is 0. The van der Waals surface area contributed by atoms with Crippen molar-refractivity contribution in [2.24, 2.45) is 11.8 Å². The van der Waals surface area contributed by atoms with Crippen molar-refractivity contribution >= 4 is 17.7 Å². The van der Waals surface area contributed by atoms with Gasteiger partial charge in [-0.15, -0.1) is 0 Å². The fourth-order valence-corrected chi connectivity index (χ4v) is 2.19. The minimum atomic E-state index is -0.861. The van der Waals surface area contributed by atoms with E-state index in [4.69, 9.17) is 4.74 Å². The van der Waals surface area contributed by atoms with Crippen LogP contribution in [-0.4, -0.2) is 31.9 Å². The van der Waals surface area contributed by atoms with Gasteiger partial charge in [-0.25, -0.2) is 0 Å². The van der Waals surface area contributed by atoms with Gasteiger partial charge in [-0.3, -0.25) is 14.4 Å². The van der Waals surface area contributed by atoms with Gasteiger partial charge in [0.15, 0.2) is 0 Å². The highest BCUT2D eigenvalue weighted by Gasteiger charge is 2.33. The van der Waals surface area contributed by atoms with E-state index in [1.54, 1.807) is 0 Å². The van der Waals surface area contributed by atoms with E-state index in [-0.39, 0.29) is 12.2 Å². The Kier molecular flexibility index (Phi) is 6.25. The van der Waals surface area contributed by atoms with Crippen LogP contribution in [0.4, 0.5) is 0 Å². The largest absolute Gasteiger partial charge is 0.469 e. The molecule has 1 aliphatic rings. The highest BCUT2D eigenvalue weighted by molar-refractivity contribution is 5.99. The van der Waals surface area contributed by atoms with Gasteiger partial charge in [-0.05, 0) is 25.7 Å². The average Bonchev–Trinajstić information content (AvgIpc) is 2.43. The van der Waals surface area contributed by atoms with Gasteiger partial charge in [0.2, 0.25) is 0 Å². The molecule has 2 atom stereocenters. The molecule has 0 heterocycles. The quantitative estimate of drug-likeness (QED) is 0.433. The second kappa shape index (κ2) is 7.71. The zero-order chi connectivity index (χ0) is 14.3. The Morgan fingerprint density at radius 3 is 2.47 bits per heavy atom. The number of ether oxygens (including phenoxy) is 2. The van der Waals surface area contributed by atoms with Crippen molar-refractivity contribution in [2.75, 3.05) is 14.2 Å². The molecule has 1 aliphatic carbocycles. The third kappa shape index (κ3) is 4.50. The standard InChI is InChI=1S/C14H20O5/c1-18-13(16)10-7-5-3-4-6-8-12(15)11(9-10)14(17)19-2/h3,5,10-11H,4,6-9H2,1-2H3/b5-3-. The Morgan fingerprint density at radius 1 is 1.16 bits per heavy atom. The van der Waals surface area contributed by atoms with Crippen molar-refractivity contribution in [3.63, 3.8) is 0 Å². The van der Waals surface area contributed by atoms with Crippen LogP contribution in [0.2, 0.25) is 0 Å². The summed E-state index contributed by atoms with van der Waals surface area (Å²) in [6.07, 6.45) is 6.32. The van der Waals surface area contributed by atoms with E-state index in [9.17, 15) is 14.4 Å². The molecule has 5 nitrogen and oxygen atoms in total. The molecule has 5 heteroatoms. The number of hydrogen-bond donors (Lipinski definition) is 0. The van der Waals surface area contributed by atoms with Crippen LogP contribution in [-0.2, 0) is 23.9 Å². The molecule has 106 valence electrons. The Hall–Kier alpha value is -1.65. The number of ketones is 1. The first-order valence-electron chi connectivity index (χ1n) is 6.43. The van der Waals surface area contributed by atoms with Crippen molar-refractivity contribution in [2.45, 2.75) is 32.1 Å². The second-order valence-electron chi connectivity index (χ2n) is 4.60. The van der Waals surface area contributed by atoms with E-state index in [0.29, 0.717) is 19.3 Å². The maximum atomic E-state index is 12.0. The van der Waals surface area contributed by atoms with Crippen LogP contribution in [0.3, 0.4) is 0 Å². The summed E-state index contributed by atoms with van der Waals surface area (Å²) in [5.74, 6) is -2.46. The lowest BCUT2D eigenvalue weighted by Gasteiger charge is -2.19. The number of esters is 2. The molecule has 0 fully saturated rings. The predicted molar refractivity (Wildman–Crippen MR) is 68.2 cm³/mol. The smallest absolute Gasteiger partial charge is 0.316 e. The van der Waals surface area contributed by atoms with Gasteiger partial charge in [0.1, 0.15) is 11.7 Å². The molecule has 0 aliphatic heterocycles. The number of methoxy groups -OCH3 is 2. The van der Waals surface area contributed by atoms with Gasteiger partial charge in [-0.1, -0.05) is 12.2 Å². The lowest BCUT2D eigenvalue weighted by molar-refractivity contribution is -0.152. The van der Waals surface area contributed by atoms with Crippen molar-refractivity contribution in [1.29, 1.82) is 0 Å². The number of Topliss-reactive ketones (excluding diaryl/α,β-unsaturated/α-hetero) is 1. The predicted octanol–water partition coefficient (Wildman–Crippen LogP) is 1.65. The number of carbonyl (C=O) groups excluding carboxylic acids is 3. The molecule has 0 spiro atoms. The van der Waals surface area contributed by atoms with Crippen LogP contribution < -0.4 is 0 Å². The van der Waals surface area contributed by atoms with Gasteiger partial charge < -0.3 is 9.47 Å². The van der Waals surface area contributed by atoms with Crippen molar-refractivity contribution in [3.05, 3.63) is 12.2 Å². The SMILES string of the molecule is COC(=O)C1C/C=C\CCCC(=O)C(C(=O)OC)C1. The molecule has 0 amide bonds. The normalized spacial score (nSPS) is 26.3. The number of hydrogen-bond acceptors (Lipinski definition) is 5. The van der Waals surface area contributed by atoms with Gasteiger partial charge in [0, 0.05) is 6.42 Å². The fourth-order valence-electron chi connectivity index (χ4n) is 2.19. The summed E-state index contributed by atoms with van der Waals surface area (Å²) in [6.45, 7) is 0. The second-order valence-corrected chi connectivity index (χ2v) is 4.60. The van der Waals surface area contributed by atoms with Crippen LogP contribution in [0.5, 0.6) is 0 Å². The van der Waals surface area contributed by atoms with E-state index in [1.807, 2.05) is 12.2 Å². The third-order valence-corrected chi connectivity index (χ3v) is 3.31. The summed E-state index contributed by atoms with van der Waals surface area (Å²) in [4.78, 5) is 35.4. The lowest BCUT2D eigenvalue weighted by atomic mass is 9.86. The molecule has 0 aromatic heterocycles. The van der Waals surface area contributed by atoms with E-state index in [2.05, 4.69) is 4.74 Å². The summed E-state index contributed by atoms with van der Waals surface area (Å²) in [5.41, 5.74) is 0. The van der Waals surface area contributed by atoms with E-state index in [1.165, 1.54) is 14.2 Å². The highest BCUT2D eigenvalue weighted by Crippen LogP contribution is 2.23. The van der Waals surface area contributed by atoms with Crippen LogP contribution in [0.1, 0.15) is 32.1 Å². The fraction of sp³-hybridized carbons (Fsp3) is 0.643. The monoisotopic (exact) mass is 268 g/mol. The van der Waals surface area contributed by atoms with Crippen LogP contribution in [0, 0.1) is 11.8 Å². The van der Waals surface area contributed by atoms with Crippen molar-refractivity contribution in [3.8, 4) is 0 Å². The zero-order valence-electron chi connectivity index (χ0n) is 11.4. The molecule has 0 bridgehead atoms. The van der Waals surface area contributed by atoms with Crippen molar-refractivity contribution in [1.82, 2.24) is 0 Å². The molecule has 0 aromatic rings. The molecular formula is C14H20O5. The van der Waals surface area contributed by atoms with E-state index >= 15 is 0 Å². The summed E-state index contributed by atoms with van der Waals surface area (Å²) in [7, 11) is 2.56. The Bertz CT molecular complexity index is 372. The number of allylic oxidation sites excluding steroid dienone is 2. The molecule has 1 rings (SSSR count). The van der Waals surface area contributed by atoms with Crippen LogP contribution in [0.15, 0.2) is 12.2 Å². The lowest BCUT2D eigenvalue weighted by Crippen LogP contribution is -2.30. The summed E-state index contributed by atoms with van der Waals surface area (Å²) < 4.78 is 9.38.